The molecule has 7 nitrogen and oxygen atoms in total. The van der Waals surface area contributed by atoms with Crippen molar-refractivity contribution in [3.05, 3.63) is 95.6 Å². The van der Waals surface area contributed by atoms with Gasteiger partial charge in [0.05, 0.1) is 0 Å². The molecular formula is C30H32N2O5. The maximum Gasteiger partial charge on any atom is 0.407 e. The fourth-order valence-electron chi connectivity index (χ4n) is 4.80. The van der Waals surface area contributed by atoms with E-state index < -0.39 is 12.1 Å². The van der Waals surface area contributed by atoms with Crippen LogP contribution in [0.15, 0.2) is 78.9 Å². The molecule has 0 heterocycles. The molecule has 1 atom stereocenters. The van der Waals surface area contributed by atoms with E-state index in [-0.39, 0.29) is 43.9 Å². The zero-order valence-electron chi connectivity index (χ0n) is 20.9. The molecule has 1 aliphatic rings. The quantitative estimate of drug-likeness (QED) is 0.384. The molecule has 0 saturated carbocycles. The number of hydrogen-bond acceptors (Lipinski definition) is 4. The topological polar surface area (TPSA) is 95.9 Å². The minimum atomic E-state index is -1.05. The average Bonchev–Trinajstić information content (AvgIpc) is 3.21. The first kappa shape index (κ1) is 25.9. The SMILES string of the molecule is CC(CCNC(=O)OCC1c2ccccc2-c2ccccc21)CC(=O)N(CC(=O)O)Cc1ccccc1. The number of nitrogens with zero attached hydrogens (tertiary/aromatic N) is 1. The summed E-state index contributed by atoms with van der Waals surface area (Å²) in [6.07, 6.45) is 0.284. The van der Waals surface area contributed by atoms with Crippen LogP contribution in [0, 0.1) is 5.92 Å². The second-order valence-corrected chi connectivity index (χ2v) is 9.48. The number of ether oxygens (including phenoxy) is 1. The fraction of sp³-hybridized carbons (Fsp3) is 0.300. The summed E-state index contributed by atoms with van der Waals surface area (Å²) in [6.45, 7) is 2.42. The van der Waals surface area contributed by atoms with Crippen LogP contribution in [-0.4, -0.2) is 47.7 Å². The van der Waals surface area contributed by atoms with Gasteiger partial charge in [-0.15, -0.1) is 0 Å². The number of rotatable bonds is 11. The monoisotopic (exact) mass is 500 g/mol. The number of carbonyl (C=O) groups is 3. The predicted molar refractivity (Wildman–Crippen MR) is 141 cm³/mol. The Balaban J connectivity index is 1.23. The summed E-state index contributed by atoms with van der Waals surface area (Å²) in [6, 6.07) is 25.7. The normalized spacial score (nSPS) is 12.8. The summed E-state index contributed by atoms with van der Waals surface area (Å²) in [5, 5.41) is 12.0. The summed E-state index contributed by atoms with van der Waals surface area (Å²) >= 11 is 0. The Labute approximate surface area is 217 Å². The molecule has 0 spiro atoms. The van der Waals surface area contributed by atoms with Crippen LogP contribution in [0.5, 0.6) is 0 Å². The highest BCUT2D eigenvalue weighted by Crippen LogP contribution is 2.44. The van der Waals surface area contributed by atoms with E-state index in [0.29, 0.717) is 13.0 Å². The van der Waals surface area contributed by atoms with E-state index in [4.69, 9.17) is 4.74 Å². The standard InChI is InChI=1S/C30H32N2O5/c1-21(17-28(33)32(19-29(34)35)18-22-9-3-2-4-10-22)15-16-31-30(36)37-20-27-25-13-7-5-11-23(25)24-12-6-8-14-26(24)27/h2-14,21,27H,15-20H2,1H3,(H,31,36)(H,34,35). The molecule has 3 aromatic rings. The number of hydrogen-bond donors (Lipinski definition) is 2. The molecule has 3 aromatic carbocycles. The molecule has 0 aliphatic heterocycles. The lowest BCUT2D eigenvalue weighted by atomic mass is 9.98. The zero-order chi connectivity index (χ0) is 26.2. The number of alkyl carbamates (subject to hydrolysis) is 1. The predicted octanol–water partition coefficient (Wildman–Crippen LogP) is 5.05. The Morgan fingerprint density at radius 1 is 0.919 bits per heavy atom. The zero-order valence-corrected chi connectivity index (χ0v) is 20.9. The largest absolute Gasteiger partial charge is 0.480 e. The molecule has 4 rings (SSSR count). The number of aliphatic carboxylic acids is 1. The summed E-state index contributed by atoms with van der Waals surface area (Å²) in [5.74, 6) is -1.30. The minimum absolute atomic E-state index is 0.000437. The Bertz CT molecular complexity index is 1200. The lowest BCUT2D eigenvalue weighted by Crippen LogP contribution is -2.36. The Morgan fingerprint density at radius 3 is 2.14 bits per heavy atom. The van der Waals surface area contributed by atoms with Crippen LogP contribution in [0.25, 0.3) is 11.1 Å². The van der Waals surface area contributed by atoms with Crippen LogP contribution in [0.3, 0.4) is 0 Å². The maximum absolute atomic E-state index is 12.8. The van der Waals surface area contributed by atoms with Crippen LogP contribution in [-0.2, 0) is 20.9 Å². The third-order valence-electron chi connectivity index (χ3n) is 6.67. The Hall–Kier alpha value is -4.13. The van der Waals surface area contributed by atoms with Gasteiger partial charge in [0.1, 0.15) is 13.2 Å². The van der Waals surface area contributed by atoms with Gasteiger partial charge in [0.15, 0.2) is 0 Å². The molecule has 0 bridgehead atoms. The molecule has 2 amide bonds. The second-order valence-electron chi connectivity index (χ2n) is 9.48. The van der Waals surface area contributed by atoms with Gasteiger partial charge in [-0.1, -0.05) is 85.8 Å². The number of carboxylic acid groups (broad SMARTS) is 1. The Kier molecular flexibility index (Phi) is 8.56. The van der Waals surface area contributed by atoms with Gasteiger partial charge in [-0.3, -0.25) is 9.59 Å². The maximum atomic E-state index is 12.8. The van der Waals surface area contributed by atoms with Crippen molar-refractivity contribution < 1.29 is 24.2 Å². The van der Waals surface area contributed by atoms with Crippen LogP contribution in [0.1, 0.15) is 42.4 Å². The van der Waals surface area contributed by atoms with E-state index in [2.05, 4.69) is 29.6 Å². The highest BCUT2D eigenvalue weighted by Gasteiger charge is 2.29. The van der Waals surface area contributed by atoms with Gasteiger partial charge >= 0.3 is 12.1 Å². The van der Waals surface area contributed by atoms with E-state index in [1.807, 2.05) is 61.5 Å². The van der Waals surface area contributed by atoms with Gasteiger partial charge < -0.3 is 20.1 Å². The lowest BCUT2D eigenvalue weighted by molar-refractivity contribution is -0.145. The van der Waals surface area contributed by atoms with Crippen LogP contribution in [0.2, 0.25) is 0 Å². The fourth-order valence-corrected chi connectivity index (χ4v) is 4.80. The summed E-state index contributed by atoms with van der Waals surface area (Å²) < 4.78 is 5.56. The number of carbonyl (C=O) groups excluding carboxylic acids is 2. The van der Waals surface area contributed by atoms with Crippen molar-refractivity contribution >= 4 is 18.0 Å². The van der Waals surface area contributed by atoms with Gasteiger partial charge in [-0.25, -0.2) is 4.79 Å². The lowest BCUT2D eigenvalue weighted by Gasteiger charge is -2.23. The van der Waals surface area contributed by atoms with E-state index in [1.54, 1.807) is 0 Å². The van der Waals surface area contributed by atoms with Gasteiger partial charge in [-0.05, 0) is 40.2 Å². The van der Waals surface area contributed by atoms with E-state index in [0.717, 1.165) is 16.7 Å². The highest BCUT2D eigenvalue weighted by atomic mass is 16.5. The van der Waals surface area contributed by atoms with Crippen molar-refractivity contribution in [2.75, 3.05) is 19.7 Å². The number of benzene rings is 3. The summed E-state index contributed by atoms with van der Waals surface area (Å²) in [5.41, 5.74) is 5.54. The highest BCUT2D eigenvalue weighted by molar-refractivity contribution is 5.81. The number of amides is 2. The van der Waals surface area contributed by atoms with Crippen LogP contribution in [0.4, 0.5) is 4.79 Å². The summed E-state index contributed by atoms with van der Waals surface area (Å²) in [7, 11) is 0. The minimum Gasteiger partial charge on any atom is -0.480 e. The van der Waals surface area contributed by atoms with E-state index in [1.165, 1.54) is 16.0 Å². The molecule has 192 valence electrons. The number of carboxylic acids is 1. The average molecular weight is 501 g/mol. The molecular weight excluding hydrogens is 468 g/mol. The van der Waals surface area contributed by atoms with Gasteiger partial charge in [0.25, 0.3) is 0 Å². The Morgan fingerprint density at radius 2 is 1.51 bits per heavy atom. The van der Waals surface area contributed by atoms with Crippen molar-refractivity contribution in [1.82, 2.24) is 10.2 Å². The van der Waals surface area contributed by atoms with Crippen molar-refractivity contribution in [3.63, 3.8) is 0 Å². The molecule has 7 heteroatoms. The molecule has 2 N–H and O–H groups in total. The van der Waals surface area contributed by atoms with E-state index >= 15 is 0 Å². The van der Waals surface area contributed by atoms with Crippen LogP contribution < -0.4 is 5.32 Å². The third kappa shape index (κ3) is 6.76. The smallest absolute Gasteiger partial charge is 0.407 e. The van der Waals surface area contributed by atoms with Crippen LogP contribution >= 0.6 is 0 Å². The molecule has 1 aliphatic carbocycles. The molecule has 0 aromatic heterocycles. The number of fused-ring (bicyclic) bond motifs is 3. The molecule has 37 heavy (non-hydrogen) atoms. The van der Waals surface area contributed by atoms with Gasteiger partial charge in [0, 0.05) is 25.4 Å². The number of nitrogens with one attached hydrogen (secondary N) is 1. The molecule has 0 saturated heterocycles. The second kappa shape index (κ2) is 12.2. The van der Waals surface area contributed by atoms with Crippen molar-refractivity contribution in [2.45, 2.75) is 32.2 Å². The third-order valence-corrected chi connectivity index (χ3v) is 6.67. The molecule has 0 fully saturated rings. The van der Waals surface area contributed by atoms with Gasteiger partial charge in [-0.2, -0.15) is 0 Å². The first-order valence-electron chi connectivity index (χ1n) is 12.5. The van der Waals surface area contributed by atoms with Crippen molar-refractivity contribution in [1.29, 1.82) is 0 Å². The summed E-state index contributed by atoms with van der Waals surface area (Å²) in [4.78, 5) is 37.8. The van der Waals surface area contributed by atoms with Crippen molar-refractivity contribution in [2.24, 2.45) is 5.92 Å². The molecule has 0 radical (unpaired) electrons. The molecule has 1 unspecified atom stereocenters. The van der Waals surface area contributed by atoms with Crippen molar-refractivity contribution in [3.8, 4) is 11.1 Å². The van der Waals surface area contributed by atoms with Gasteiger partial charge in [0.2, 0.25) is 5.91 Å². The van der Waals surface area contributed by atoms with E-state index in [9.17, 15) is 19.5 Å². The first-order valence-corrected chi connectivity index (χ1v) is 12.5. The first-order chi connectivity index (χ1) is 17.9.